The second kappa shape index (κ2) is 4.31. The molecule has 0 aliphatic carbocycles. The Kier molecular flexibility index (Phi) is 3.33. The molecule has 1 aromatic carbocycles. The average Bonchev–Trinajstić information content (AvgIpc) is 2.06. The van der Waals surface area contributed by atoms with Crippen molar-refractivity contribution in [3.63, 3.8) is 0 Å². The highest BCUT2D eigenvalue weighted by atomic mass is 28.2. The van der Waals surface area contributed by atoms with Crippen LogP contribution in [0.2, 0.25) is 0 Å². The average molecular weight is 165 g/mol. The first kappa shape index (κ1) is 8.49. The third kappa shape index (κ3) is 2.17. The van der Waals surface area contributed by atoms with Crippen molar-refractivity contribution in [2.24, 2.45) is 5.73 Å². The number of hydrogen-bond donors (Lipinski definition) is 1. The van der Waals surface area contributed by atoms with E-state index in [0.29, 0.717) is 0 Å². The van der Waals surface area contributed by atoms with Gasteiger partial charge in [-0.1, -0.05) is 36.4 Å². The van der Waals surface area contributed by atoms with Crippen LogP contribution in [0.1, 0.15) is 12.5 Å². The van der Waals surface area contributed by atoms with Gasteiger partial charge in [0.1, 0.15) is 0 Å². The van der Waals surface area contributed by atoms with E-state index in [4.69, 9.17) is 5.73 Å². The Morgan fingerprint density at radius 1 is 1.36 bits per heavy atom. The summed E-state index contributed by atoms with van der Waals surface area (Å²) in [6, 6.07) is 8.64. The first-order valence-corrected chi connectivity index (χ1v) is 5.86. The van der Waals surface area contributed by atoms with Gasteiger partial charge in [0, 0.05) is 0 Å². The molecule has 0 heterocycles. The van der Waals surface area contributed by atoms with Gasteiger partial charge in [-0.25, -0.2) is 0 Å². The van der Waals surface area contributed by atoms with Crippen LogP contribution >= 0.6 is 0 Å². The van der Waals surface area contributed by atoms with Gasteiger partial charge in [-0.05, 0) is 18.2 Å². The maximum Gasteiger partial charge on any atom is 0.0701 e. The van der Waals surface area contributed by atoms with Crippen LogP contribution in [-0.4, -0.2) is 15.7 Å². The van der Waals surface area contributed by atoms with Crippen LogP contribution in [0.4, 0.5) is 0 Å². The standard InChI is InChI=1S/C9H15NSi/c1-2-8-5-3-4-6-9(8)11-7-10/h3-6H,2,7,10-11H2,1H3. The monoisotopic (exact) mass is 165 g/mol. The first-order valence-electron chi connectivity index (χ1n) is 4.15. The molecule has 0 fully saturated rings. The number of nitrogens with two attached hydrogens (primary N) is 1. The number of benzene rings is 1. The summed E-state index contributed by atoms with van der Waals surface area (Å²) >= 11 is 0. The molecule has 2 heteroatoms. The smallest absolute Gasteiger partial charge is 0.0701 e. The molecule has 1 rings (SSSR count). The van der Waals surface area contributed by atoms with Crippen LogP contribution in [0.3, 0.4) is 0 Å². The van der Waals surface area contributed by atoms with E-state index in [9.17, 15) is 0 Å². The van der Waals surface area contributed by atoms with Crippen molar-refractivity contribution in [1.82, 2.24) is 0 Å². The Balaban J connectivity index is 2.83. The zero-order chi connectivity index (χ0) is 8.10. The zero-order valence-electron chi connectivity index (χ0n) is 7.01. The van der Waals surface area contributed by atoms with E-state index >= 15 is 0 Å². The number of hydrogen-bond acceptors (Lipinski definition) is 1. The maximum absolute atomic E-state index is 5.55. The lowest BCUT2D eigenvalue weighted by Crippen LogP contribution is -2.25. The van der Waals surface area contributed by atoms with Gasteiger partial charge in [0.15, 0.2) is 0 Å². The normalized spacial score (nSPS) is 11.1. The van der Waals surface area contributed by atoms with Crippen molar-refractivity contribution in [1.29, 1.82) is 0 Å². The molecule has 0 aliphatic heterocycles. The quantitative estimate of drug-likeness (QED) is 0.625. The summed E-state index contributed by atoms with van der Waals surface area (Å²) < 4.78 is 0. The molecule has 0 spiro atoms. The van der Waals surface area contributed by atoms with Gasteiger partial charge in [-0.2, -0.15) is 0 Å². The third-order valence-corrected chi connectivity index (χ3v) is 3.43. The molecule has 0 amide bonds. The Labute approximate surface area is 70.4 Å². The van der Waals surface area contributed by atoms with E-state index in [0.717, 1.165) is 12.6 Å². The van der Waals surface area contributed by atoms with Crippen molar-refractivity contribution >= 4 is 14.7 Å². The van der Waals surface area contributed by atoms with E-state index in [1.807, 2.05) is 0 Å². The first-order chi connectivity index (χ1) is 5.38. The molecule has 0 aromatic heterocycles. The van der Waals surface area contributed by atoms with E-state index in [-0.39, 0.29) is 9.52 Å². The van der Waals surface area contributed by atoms with E-state index in [1.54, 1.807) is 0 Å². The van der Waals surface area contributed by atoms with Crippen molar-refractivity contribution in [2.45, 2.75) is 13.3 Å². The lowest BCUT2D eigenvalue weighted by molar-refractivity contribution is 1.15. The molecular weight excluding hydrogens is 150 g/mol. The summed E-state index contributed by atoms with van der Waals surface area (Å²) in [5, 5.41) is 1.54. The van der Waals surface area contributed by atoms with Gasteiger partial charge in [0.2, 0.25) is 0 Å². The molecule has 0 unspecified atom stereocenters. The van der Waals surface area contributed by atoms with E-state index < -0.39 is 0 Å². The molecule has 0 radical (unpaired) electrons. The second-order valence-electron chi connectivity index (χ2n) is 2.66. The second-order valence-corrected chi connectivity index (χ2v) is 4.50. The fourth-order valence-corrected chi connectivity index (χ4v) is 2.60. The fourth-order valence-electron chi connectivity index (χ4n) is 1.30. The minimum Gasteiger partial charge on any atom is -0.333 e. The van der Waals surface area contributed by atoms with Crippen molar-refractivity contribution in [2.75, 3.05) is 6.17 Å². The number of aryl methyl sites for hydroxylation is 1. The Hall–Kier alpha value is -0.603. The lowest BCUT2D eigenvalue weighted by atomic mass is 10.2. The SMILES string of the molecule is CCc1ccccc1[SiH2]CN. The Morgan fingerprint density at radius 3 is 2.73 bits per heavy atom. The molecule has 0 saturated carbocycles. The van der Waals surface area contributed by atoms with E-state index in [1.165, 1.54) is 10.8 Å². The van der Waals surface area contributed by atoms with Crippen LogP contribution in [0.25, 0.3) is 0 Å². The molecule has 2 N–H and O–H groups in total. The summed E-state index contributed by atoms with van der Waals surface area (Å²) in [5.74, 6) is 0. The van der Waals surface area contributed by atoms with Gasteiger partial charge in [-0.3, -0.25) is 0 Å². The van der Waals surface area contributed by atoms with Gasteiger partial charge in [0.05, 0.1) is 9.52 Å². The van der Waals surface area contributed by atoms with Crippen LogP contribution in [-0.2, 0) is 6.42 Å². The van der Waals surface area contributed by atoms with Gasteiger partial charge >= 0.3 is 0 Å². The summed E-state index contributed by atoms with van der Waals surface area (Å²) in [7, 11) is -0.163. The summed E-state index contributed by atoms with van der Waals surface area (Å²) in [6.07, 6.45) is 2.03. The minimum atomic E-state index is -0.163. The zero-order valence-corrected chi connectivity index (χ0v) is 8.42. The van der Waals surface area contributed by atoms with Crippen LogP contribution in [0.5, 0.6) is 0 Å². The van der Waals surface area contributed by atoms with Crippen LogP contribution in [0.15, 0.2) is 24.3 Å². The molecule has 0 saturated heterocycles. The van der Waals surface area contributed by atoms with Gasteiger partial charge in [-0.15, -0.1) is 0 Å². The molecule has 11 heavy (non-hydrogen) atoms. The summed E-state index contributed by atoms with van der Waals surface area (Å²) in [4.78, 5) is 0. The topological polar surface area (TPSA) is 26.0 Å². The summed E-state index contributed by atoms with van der Waals surface area (Å²) in [5.41, 5.74) is 7.04. The van der Waals surface area contributed by atoms with Crippen LogP contribution in [0, 0.1) is 0 Å². The lowest BCUT2D eigenvalue weighted by Gasteiger charge is -2.04. The van der Waals surface area contributed by atoms with Gasteiger partial charge < -0.3 is 5.73 Å². The molecular formula is C9H15NSi. The molecule has 0 atom stereocenters. The third-order valence-electron chi connectivity index (χ3n) is 1.91. The predicted octanol–water partition coefficient (Wildman–Crippen LogP) is -0.0407. The highest BCUT2D eigenvalue weighted by Gasteiger charge is 1.96. The summed E-state index contributed by atoms with van der Waals surface area (Å²) in [6.45, 7) is 2.20. The molecule has 60 valence electrons. The molecule has 0 aliphatic rings. The van der Waals surface area contributed by atoms with E-state index in [2.05, 4.69) is 31.2 Å². The van der Waals surface area contributed by atoms with Gasteiger partial charge in [0.25, 0.3) is 0 Å². The molecule has 0 bridgehead atoms. The number of rotatable bonds is 3. The molecule has 1 aromatic rings. The Bertz CT molecular complexity index is 223. The predicted molar refractivity (Wildman–Crippen MR) is 53.1 cm³/mol. The van der Waals surface area contributed by atoms with Crippen molar-refractivity contribution in [3.05, 3.63) is 29.8 Å². The largest absolute Gasteiger partial charge is 0.333 e. The van der Waals surface area contributed by atoms with Crippen LogP contribution < -0.4 is 10.9 Å². The fraction of sp³-hybridized carbons (Fsp3) is 0.333. The molecule has 1 nitrogen and oxygen atoms in total. The van der Waals surface area contributed by atoms with Crippen molar-refractivity contribution in [3.8, 4) is 0 Å². The Morgan fingerprint density at radius 2 is 2.09 bits per heavy atom. The van der Waals surface area contributed by atoms with Crippen molar-refractivity contribution < 1.29 is 0 Å². The highest BCUT2D eigenvalue weighted by Crippen LogP contribution is 1.95. The minimum absolute atomic E-state index is 0.163. The maximum atomic E-state index is 5.55. The highest BCUT2D eigenvalue weighted by molar-refractivity contribution is 6.54.